The molecule has 106 valence electrons. The Morgan fingerprint density at radius 2 is 2.05 bits per heavy atom. The van der Waals surface area contributed by atoms with Crippen LogP contribution in [-0.4, -0.2) is 26.0 Å². The average molecular weight is 325 g/mol. The molecule has 0 fully saturated rings. The monoisotopic (exact) mass is 324 g/mol. The Hall–Kier alpha value is -0.980. The van der Waals surface area contributed by atoms with Gasteiger partial charge in [-0.15, -0.1) is 11.6 Å². The van der Waals surface area contributed by atoms with E-state index in [-0.39, 0.29) is 22.6 Å². The molecule has 0 saturated heterocycles. The molecule has 8 heteroatoms. The Morgan fingerprint density at radius 3 is 2.58 bits per heavy atom. The number of sulfonamides is 1. The van der Waals surface area contributed by atoms with Crippen LogP contribution in [0.15, 0.2) is 18.2 Å². The highest BCUT2D eigenvalue weighted by Crippen LogP contribution is 2.26. The fourth-order valence-corrected chi connectivity index (χ4v) is 2.98. The van der Waals surface area contributed by atoms with E-state index in [4.69, 9.17) is 23.2 Å². The molecule has 0 aliphatic rings. The first-order valence-corrected chi connectivity index (χ1v) is 8.04. The van der Waals surface area contributed by atoms with E-state index in [9.17, 15) is 13.2 Å². The molecule has 1 amide bonds. The molecule has 0 aliphatic heterocycles. The second-order valence-electron chi connectivity index (χ2n) is 3.84. The summed E-state index contributed by atoms with van der Waals surface area (Å²) >= 11 is 11.4. The van der Waals surface area contributed by atoms with E-state index in [0.29, 0.717) is 17.8 Å². The summed E-state index contributed by atoms with van der Waals surface area (Å²) < 4.78 is 25.7. The van der Waals surface area contributed by atoms with E-state index in [1.807, 2.05) is 0 Å². The first kappa shape index (κ1) is 16.1. The van der Waals surface area contributed by atoms with Gasteiger partial charge in [0.05, 0.1) is 22.2 Å². The lowest BCUT2D eigenvalue weighted by Crippen LogP contribution is -2.17. The van der Waals surface area contributed by atoms with Crippen LogP contribution < -0.4 is 10.0 Å². The van der Waals surface area contributed by atoms with Crippen molar-refractivity contribution in [2.24, 2.45) is 0 Å². The number of hydrogen-bond acceptors (Lipinski definition) is 3. The van der Waals surface area contributed by atoms with Crippen LogP contribution in [0.25, 0.3) is 0 Å². The zero-order valence-electron chi connectivity index (χ0n) is 10.2. The molecule has 1 rings (SSSR count). The average Bonchev–Trinajstić information content (AvgIpc) is 2.29. The predicted molar refractivity (Wildman–Crippen MR) is 78.5 cm³/mol. The molecule has 1 aromatic carbocycles. The summed E-state index contributed by atoms with van der Waals surface area (Å²) in [6.07, 6.45) is 0.370. The largest absolute Gasteiger partial charge is 0.325 e. The second-order valence-corrected chi connectivity index (χ2v) is 6.47. The summed E-state index contributed by atoms with van der Waals surface area (Å²) in [6.45, 7) is 1.36. The lowest BCUT2D eigenvalue weighted by molar-refractivity contribution is -0.114. The van der Waals surface area contributed by atoms with Gasteiger partial charge < -0.3 is 5.32 Å². The van der Waals surface area contributed by atoms with Gasteiger partial charge in [-0.05, 0) is 24.6 Å². The first-order valence-electron chi connectivity index (χ1n) is 5.47. The van der Waals surface area contributed by atoms with E-state index in [1.54, 1.807) is 0 Å². The molecule has 19 heavy (non-hydrogen) atoms. The van der Waals surface area contributed by atoms with Gasteiger partial charge in [-0.1, -0.05) is 11.6 Å². The standard InChI is InChI=1S/C11H14Cl2N2O3S/c1-8(16)14-11-4-3-9(7-10(11)13)15-19(17,18)6-2-5-12/h3-4,7,15H,2,5-6H2,1H3,(H,14,16). The Kier molecular flexibility index (Phi) is 5.90. The van der Waals surface area contributed by atoms with Crippen LogP contribution in [0.2, 0.25) is 5.02 Å². The van der Waals surface area contributed by atoms with Gasteiger partial charge in [0.2, 0.25) is 15.9 Å². The summed E-state index contributed by atoms with van der Waals surface area (Å²) in [5.41, 5.74) is 0.770. The number of halogens is 2. The zero-order chi connectivity index (χ0) is 14.5. The molecule has 0 atom stereocenters. The SMILES string of the molecule is CC(=O)Nc1ccc(NS(=O)(=O)CCCCl)cc1Cl. The highest BCUT2D eigenvalue weighted by molar-refractivity contribution is 7.92. The van der Waals surface area contributed by atoms with Crippen LogP contribution in [0.5, 0.6) is 0 Å². The van der Waals surface area contributed by atoms with Crippen molar-refractivity contribution in [3.8, 4) is 0 Å². The van der Waals surface area contributed by atoms with Crippen molar-refractivity contribution in [2.45, 2.75) is 13.3 Å². The predicted octanol–water partition coefficient (Wildman–Crippen LogP) is 2.67. The number of hydrogen-bond donors (Lipinski definition) is 2. The Balaban J connectivity index is 2.81. The molecular formula is C11H14Cl2N2O3S. The third-order valence-electron chi connectivity index (χ3n) is 2.10. The molecule has 0 aliphatic carbocycles. The Bertz CT molecular complexity index is 561. The summed E-state index contributed by atoms with van der Waals surface area (Å²) in [7, 11) is -3.43. The van der Waals surface area contributed by atoms with Gasteiger partial charge >= 0.3 is 0 Å². The van der Waals surface area contributed by atoms with Crippen molar-refractivity contribution in [3.63, 3.8) is 0 Å². The fourth-order valence-electron chi connectivity index (χ4n) is 1.34. The van der Waals surface area contributed by atoms with Crippen LogP contribution in [0.4, 0.5) is 11.4 Å². The van der Waals surface area contributed by atoms with Crippen molar-refractivity contribution in [2.75, 3.05) is 21.7 Å². The maximum absolute atomic E-state index is 11.7. The molecule has 5 nitrogen and oxygen atoms in total. The third kappa shape index (κ3) is 5.67. The van der Waals surface area contributed by atoms with E-state index < -0.39 is 10.0 Å². The topological polar surface area (TPSA) is 75.3 Å². The molecule has 0 unspecified atom stereocenters. The van der Waals surface area contributed by atoms with E-state index >= 15 is 0 Å². The summed E-state index contributed by atoms with van der Waals surface area (Å²) in [5, 5.41) is 2.79. The third-order valence-corrected chi connectivity index (χ3v) is 4.05. The lowest BCUT2D eigenvalue weighted by atomic mass is 10.3. The van der Waals surface area contributed by atoms with Gasteiger partial charge in [0, 0.05) is 12.8 Å². The quantitative estimate of drug-likeness (QED) is 0.790. The van der Waals surface area contributed by atoms with Crippen molar-refractivity contribution >= 4 is 50.5 Å². The normalized spacial score (nSPS) is 11.1. The fraction of sp³-hybridized carbons (Fsp3) is 0.364. The second kappa shape index (κ2) is 6.98. The first-order chi connectivity index (χ1) is 8.84. The van der Waals surface area contributed by atoms with Gasteiger partial charge in [-0.25, -0.2) is 8.42 Å². The molecule has 2 N–H and O–H groups in total. The van der Waals surface area contributed by atoms with Gasteiger partial charge in [-0.2, -0.15) is 0 Å². The number of benzene rings is 1. The Labute approximate surface area is 122 Å². The number of carbonyl (C=O) groups is 1. The maximum atomic E-state index is 11.7. The van der Waals surface area contributed by atoms with Gasteiger partial charge in [0.25, 0.3) is 0 Å². The Morgan fingerprint density at radius 1 is 1.37 bits per heavy atom. The molecule has 0 bridgehead atoms. The van der Waals surface area contributed by atoms with Gasteiger partial charge in [-0.3, -0.25) is 9.52 Å². The van der Waals surface area contributed by atoms with Crippen LogP contribution in [0.1, 0.15) is 13.3 Å². The van der Waals surface area contributed by atoms with Crippen LogP contribution in [0, 0.1) is 0 Å². The molecule has 0 heterocycles. The molecule has 0 radical (unpaired) electrons. The van der Waals surface area contributed by atoms with E-state index in [0.717, 1.165) is 0 Å². The number of nitrogens with one attached hydrogen (secondary N) is 2. The minimum Gasteiger partial charge on any atom is -0.325 e. The number of alkyl halides is 1. The highest BCUT2D eigenvalue weighted by Gasteiger charge is 2.11. The maximum Gasteiger partial charge on any atom is 0.232 e. The van der Waals surface area contributed by atoms with Crippen LogP contribution >= 0.6 is 23.2 Å². The minimum absolute atomic E-state index is 0.0540. The summed E-state index contributed by atoms with van der Waals surface area (Å²) in [6, 6.07) is 4.49. The van der Waals surface area contributed by atoms with Gasteiger partial charge in [0.15, 0.2) is 0 Å². The summed E-state index contributed by atoms with van der Waals surface area (Å²) in [4.78, 5) is 10.9. The lowest BCUT2D eigenvalue weighted by Gasteiger charge is -2.10. The van der Waals surface area contributed by atoms with Crippen molar-refractivity contribution in [1.82, 2.24) is 0 Å². The zero-order valence-corrected chi connectivity index (χ0v) is 12.6. The number of anilines is 2. The minimum atomic E-state index is -3.43. The molecule has 0 spiro atoms. The van der Waals surface area contributed by atoms with Crippen LogP contribution in [0.3, 0.4) is 0 Å². The van der Waals surface area contributed by atoms with Crippen molar-refractivity contribution in [1.29, 1.82) is 0 Å². The molecule has 0 aromatic heterocycles. The molecule has 0 saturated carbocycles. The van der Waals surface area contributed by atoms with E-state index in [2.05, 4.69) is 10.0 Å². The number of rotatable bonds is 6. The number of amides is 1. The highest BCUT2D eigenvalue weighted by atomic mass is 35.5. The van der Waals surface area contributed by atoms with Crippen molar-refractivity contribution < 1.29 is 13.2 Å². The smallest absolute Gasteiger partial charge is 0.232 e. The van der Waals surface area contributed by atoms with Gasteiger partial charge in [0.1, 0.15) is 0 Å². The van der Waals surface area contributed by atoms with Crippen LogP contribution in [-0.2, 0) is 14.8 Å². The van der Waals surface area contributed by atoms with E-state index in [1.165, 1.54) is 25.1 Å². The molecular weight excluding hydrogens is 311 g/mol. The van der Waals surface area contributed by atoms with Crippen molar-refractivity contribution in [3.05, 3.63) is 23.2 Å². The summed E-state index contributed by atoms with van der Waals surface area (Å²) in [5.74, 6) is -0.0256. The number of carbonyl (C=O) groups excluding carboxylic acids is 1. The molecule has 1 aromatic rings.